The predicted molar refractivity (Wildman–Crippen MR) is 109 cm³/mol. The van der Waals surface area contributed by atoms with Crippen molar-refractivity contribution in [2.24, 2.45) is 0 Å². The van der Waals surface area contributed by atoms with E-state index in [0.29, 0.717) is 0 Å². The second kappa shape index (κ2) is 23.5. The fourth-order valence-electron chi connectivity index (χ4n) is 2.71. The normalized spacial score (nSPS) is 10.0. The van der Waals surface area contributed by atoms with E-state index in [1.54, 1.807) is 0 Å². The first-order valence-electron chi connectivity index (χ1n) is 10.2. The second-order valence-electron chi connectivity index (χ2n) is 6.48. The maximum Gasteiger partial charge on any atom is 0.0143 e. The summed E-state index contributed by atoms with van der Waals surface area (Å²) in [6.07, 6.45) is 21.1. The van der Waals surface area contributed by atoms with Crippen LogP contribution in [0.25, 0.3) is 0 Å². The quantitative estimate of drug-likeness (QED) is 0.213. The molecule has 1 heteroatoms. The van der Waals surface area contributed by atoms with Gasteiger partial charge in [0, 0.05) is 12.2 Å². The van der Waals surface area contributed by atoms with Gasteiger partial charge in [-0.1, -0.05) is 104 Å². The molecule has 0 aliphatic heterocycles. The van der Waals surface area contributed by atoms with Gasteiger partial charge in [-0.05, 0) is 12.8 Å². The van der Waals surface area contributed by atoms with Crippen LogP contribution in [0.5, 0.6) is 0 Å². The van der Waals surface area contributed by atoms with E-state index in [2.05, 4.69) is 38.9 Å². The van der Waals surface area contributed by atoms with Crippen molar-refractivity contribution in [1.82, 2.24) is 5.32 Å². The molecule has 23 heavy (non-hydrogen) atoms. The lowest BCUT2D eigenvalue weighted by Gasteiger charge is -2.07. The summed E-state index contributed by atoms with van der Waals surface area (Å²) in [5.41, 5.74) is 1.18. The Balaban J connectivity index is 0. The van der Waals surface area contributed by atoms with Crippen molar-refractivity contribution >= 4 is 0 Å². The average Bonchev–Trinajstić information content (AvgIpc) is 2.59. The molecule has 0 saturated heterocycles. The van der Waals surface area contributed by atoms with Crippen molar-refractivity contribution in [3.8, 4) is 0 Å². The zero-order chi connectivity index (χ0) is 17.6. The fourth-order valence-corrected chi connectivity index (χ4v) is 2.71. The lowest BCUT2D eigenvalue weighted by atomic mass is 10.0. The van der Waals surface area contributed by atoms with Gasteiger partial charge >= 0.3 is 0 Å². The van der Waals surface area contributed by atoms with Crippen molar-refractivity contribution in [2.45, 2.75) is 110 Å². The van der Waals surface area contributed by atoms with E-state index in [0.717, 1.165) is 13.0 Å². The monoisotopic (exact) mass is 323 g/mol. The van der Waals surface area contributed by atoms with Crippen LogP contribution in [0.3, 0.4) is 0 Å². The zero-order valence-corrected chi connectivity index (χ0v) is 16.4. The van der Waals surface area contributed by atoms with Crippen LogP contribution >= 0.6 is 0 Å². The van der Waals surface area contributed by atoms with E-state index in [9.17, 15) is 0 Å². The number of nitrogens with one attached hydrogen (secondary N) is 1. The summed E-state index contributed by atoms with van der Waals surface area (Å²) < 4.78 is 0. The lowest BCUT2D eigenvalue weighted by Crippen LogP contribution is -2.12. The van der Waals surface area contributed by atoms with Gasteiger partial charge in [0.05, 0.1) is 0 Å². The minimum absolute atomic E-state index is 1.05. The Bertz CT molecular complexity index is 222. The van der Waals surface area contributed by atoms with Gasteiger partial charge in [0.1, 0.15) is 0 Å². The van der Waals surface area contributed by atoms with Gasteiger partial charge in [0.15, 0.2) is 0 Å². The molecule has 0 atom stereocenters. The maximum absolute atomic E-state index is 3.97. The Morgan fingerprint density at radius 1 is 0.609 bits per heavy atom. The summed E-state index contributed by atoms with van der Waals surface area (Å²) in [7, 11) is 0. The fraction of sp³-hybridized carbons (Fsp3) is 0.818. The van der Waals surface area contributed by atoms with Crippen molar-refractivity contribution in [3.63, 3.8) is 0 Å². The smallest absolute Gasteiger partial charge is 0.0143 e. The van der Waals surface area contributed by atoms with Crippen LogP contribution in [-0.4, -0.2) is 6.54 Å². The third-order valence-corrected chi connectivity index (χ3v) is 4.33. The molecule has 0 unspecified atom stereocenters. The summed E-state index contributed by atoms with van der Waals surface area (Å²) in [5.74, 6) is 0. The van der Waals surface area contributed by atoms with Gasteiger partial charge in [-0.3, -0.25) is 0 Å². The Morgan fingerprint density at radius 2 is 0.957 bits per heavy atom. The highest BCUT2D eigenvalue weighted by atomic mass is 14.9. The van der Waals surface area contributed by atoms with Crippen LogP contribution in [0.15, 0.2) is 25.4 Å². The molecule has 0 aliphatic rings. The summed E-state index contributed by atoms with van der Waals surface area (Å²) in [5, 5.41) is 3.38. The van der Waals surface area contributed by atoms with Crippen LogP contribution in [-0.2, 0) is 0 Å². The molecule has 0 saturated carbocycles. The molecule has 0 rings (SSSR count). The molecule has 0 heterocycles. The van der Waals surface area contributed by atoms with E-state index in [-0.39, 0.29) is 0 Å². The largest absolute Gasteiger partial charge is 0.389 e. The molecule has 0 bridgehead atoms. The summed E-state index contributed by atoms with van der Waals surface area (Å²) in [6.45, 7) is 15.5. The summed E-state index contributed by atoms with van der Waals surface area (Å²) >= 11 is 0. The molecule has 0 fully saturated rings. The van der Waals surface area contributed by atoms with Gasteiger partial charge in [-0.2, -0.15) is 0 Å². The molecule has 0 amide bonds. The van der Waals surface area contributed by atoms with Gasteiger partial charge in [-0.15, -0.1) is 13.2 Å². The molecule has 0 aliphatic carbocycles. The van der Waals surface area contributed by atoms with Crippen molar-refractivity contribution in [1.29, 1.82) is 0 Å². The van der Waals surface area contributed by atoms with E-state index in [1.807, 2.05) is 0 Å². The highest BCUT2D eigenvalue weighted by Crippen LogP contribution is 2.12. The number of hydrogen-bond acceptors (Lipinski definition) is 1. The van der Waals surface area contributed by atoms with Crippen LogP contribution in [0.2, 0.25) is 0 Å². The first kappa shape index (κ1) is 24.5. The minimum Gasteiger partial charge on any atom is -0.389 e. The highest BCUT2D eigenvalue weighted by Gasteiger charge is 1.94. The molecule has 0 aromatic heterocycles. The SMILES string of the molecule is C=C.C=C(CC)NCCCCCCCCCCCCCCCC. The molecule has 0 aromatic carbocycles. The second-order valence-corrected chi connectivity index (χ2v) is 6.48. The Hall–Kier alpha value is -0.720. The third-order valence-electron chi connectivity index (χ3n) is 4.33. The Morgan fingerprint density at radius 3 is 1.30 bits per heavy atom. The van der Waals surface area contributed by atoms with Crippen LogP contribution < -0.4 is 5.32 Å². The number of rotatable bonds is 17. The summed E-state index contributed by atoms with van der Waals surface area (Å²) in [6, 6.07) is 0. The van der Waals surface area contributed by atoms with E-state index in [1.165, 1.54) is 95.6 Å². The van der Waals surface area contributed by atoms with E-state index >= 15 is 0 Å². The molecule has 138 valence electrons. The topological polar surface area (TPSA) is 12.0 Å². The first-order chi connectivity index (χ1) is 11.3. The Labute approximate surface area is 148 Å². The van der Waals surface area contributed by atoms with Crippen LogP contribution in [0.4, 0.5) is 0 Å². The van der Waals surface area contributed by atoms with E-state index < -0.39 is 0 Å². The molecule has 0 radical (unpaired) electrons. The standard InChI is InChI=1S/C20H41N.C2H4/c1-4-6-7-8-9-10-11-12-13-14-15-16-17-18-19-21-20(3)5-2;1-2/h21H,3-19H2,1-2H3;1-2H2. The zero-order valence-electron chi connectivity index (χ0n) is 16.4. The average molecular weight is 324 g/mol. The molecule has 0 spiro atoms. The molecule has 1 nitrogen and oxygen atoms in total. The van der Waals surface area contributed by atoms with Gasteiger partial charge in [-0.25, -0.2) is 0 Å². The molecule has 1 N–H and O–H groups in total. The van der Waals surface area contributed by atoms with Crippen molar-refractivity contribution in [3.05, 3.63) is 25.4 Å². The number of allylic oxidation sites excluding steroid dienone is 1. The van der Waals surface area contributed by atoms with Crippen molar-refractivity contribution in [2.75, 3.05) is 6.54 Å². The Kier molecular flexibility index (Phi) is 25.1. The van der Waals surface area contributed by atoms with Gasteiger partial charge < -0.3 is 5.32 Å². The van der Waals surface area contributed by atoms with Gasteiger partial charge in [0.2, 0.25) is 0 Å². The summed E-state index contributed by atoms with van der Waals surface area (Å²) in [4.78, 5) is 0. The molecular formula is C22H45N. The number of unbranched alkanes of at least 4 members (excludes halogenated alkanes) is 13. The minimum atomic E-state index is 1.05. The predicted octanol–water partition coefficient (Wildman–Crippen LogP) is 7.78. The van der Waals surface area contributed by atoms with Crippen LogP contribution in [0, 0.1) is 0 Å². The lowest BCUT2D eigenvalue weighted by molar-refractivity contribution is 0.533. The van der Waals surface area contributed by atoms with Crippen LogP contribution in [0.1, 0.15) is 110 Å². The highest BCUT2D eigenvalue weighted by molar-refractivity contribution is 4.88. The third kappa shape index (κ3) is 23.7. The maximum atomic E-state index is 3.97. The molecule has 0 aromatic rings. The molecular weight excluding hydrogens is 278 g/mol. The van der Waals surface area contributed by atoms with Gasteiger partial charge in [0.25, 0.3) is 0 Å². The van der Waals surface area contributed by atoms with Crippen molar-refractivity contribution < 1.29 is 0 Å². The van der Waals surface area contributed by atoms with E-state index in [4.69, 9.17) is 0 Å². The first-order valence-corrected chi connectivity index (χ1v) is 10.2. The number of hydrogen-bond donors (Lipinski definition) is 1.